The molecular weight excluding hydrogens is 284 g/mol. The van der Waals surface area contributed by atoms with Crippen molar-refractivity contribution in [3.8, 4) is 0 Å². The predicted octanol–water partition coefficient (Wildman–Crippen LogP) is 2.19. The molecule has 0 bridgehead atoms. The SMILES string of the molecule is CNc1snc(C)c1C(=O)N1CCC[C@H]1[C@H]1CCCN1C. The van der Waals surface area contributed by atoms with E-state index in [2.05, 4.69) is 26.5 Å². The minimum Gasteiger partial charge on any atom is -0.378 e. The first kappa shape index (κ1) is 14.8. The number of likely N-dealkylation sites (tertiary alicyclic amines) is 2. The number of hydrogen-bond acceptors (Lipinski definition) is 5. The number of hydrogen-bond donors (Lipinski definition) is 1. The van der Waals surface area contributed by atoms with E-state index in [0.29, 0.717) is 12.1 Å². The van der Waals surface area contributed by atoms with Gasteiger partial charge in [0.15, 0.2) is 0 Å². The lowest BCUT2D eigenvalue weighted by Crippen LogP contribution is -2.47. The molecule has 0 saturated carbocycles. The number of nitrogens with zero attached hydrogens (tertiary/aromatic N) is 3. The summed E-state index contributed by atoms with van der Waals surface area (Å²) < 4.78 is 4.34. The number of aryl methyl sites for hydroxylation is 1. The zero-order valence-electron chi connectivity index (χ0n) is 13.1. The Morgan fingerprint density at radius 3 is 2.67 bits per heavy atom. The van der Waals surface area contributed by atoms with Crippen LogP contribution in [0.2, 0.25) is 0 Å². The lowest BCUT2D eigenvalue weighted by atomic mass is 10.0. The van der Waals surface area contributed by atoms with Crippen molar-refractivity contribution in [1.82, 2.24) is 14.2 Å². The predicted molar refractivity (Wildman–Crippen MR) is 86.1 cm³/mol. The average molecular weight is 308 g/mol. The van der Waals surface area contributed by atoms with Crippen LogP contribution in [0.5, 0.6) is 0 Å². The van der Waals surface area contributed by atoms with E-state index in [-0.39, 0.29) is 5.91 Å². The highest BCUT2D eigenvalue weighted by atomic mass is 32.1. The first-order valence-corrected chi connectivity index (χ1v) is 8.56. The Labute approximate surface area is 130 Å². The fraction of sp³-hybridized carbons (Fsp3) is 0.733. The first-order valence-electron chi connectivity index (χ1n) is 7.78. The lowest BCUT2D eigenvalue weighted by Gasteiger charge is -2.33. The van der Waals surface area contributed by atoms with Gasteiger partial charge in [-0.15, -0.1) is 0 Å². The molecule has 3 rings (SSSR count). The Balaban J connectivity index is 1.84. The third-order valence-corrected chi connectivity index (χ3v) is 5.84. The van der Waals surface area contributed by atoms with Gasteiger partial charge in [0, 0.05) is 25.7 Å². The summed E-state index contributed by atoms with van der Waals surface area (Å²) in [6.07, 6.45) is 4.71. The highest BCUT2D eigenvalue weighted by molar-refractivity contribution is 7.10. The van der Waals surface area contributed by atoms with Crippen LogP contribution in [-0.2, 0) is 0 Å². The summed E-state index contributed by atoms with van der Waals surface area (Å²) in [5, 5.41) is 4.00. The third kappa shape index (κ3) is 2.55. The Hall–Kier alpha value is -1.14. The Bertz CT molecular complexity index is 530. The molecule has 0 aromatic carbocycles. The molecule has 5 nitrogen and oxygen atoms in total. The second-order valence-corrected chi connectivity index (χ2v) is 6.89. The summed E-state index contributed by atoms with van der Waals surface area (Å²) in [5.74, 6) is 0.161. The Kier molecular flexibility index (Phi) is 4.17. The van der Waals surface area contributed by atoms with Crippen LogP contribution in [0, 0.1) is 6.92 Å². The topological polar surface area (TPSA) is 48.5 Å². The molecule has 2 aliphatic rings. The van der Waals surface area contributed by atoms with Crippen molar-refractivity contribution >= 4 is 22.4 Å². The molecular formula is C15H24N4OS. The fourth-order valence-corrected chi connectivity index (χ4v) is 4.54. The molecule has 6 heteroatoms. The number of aromatic nitrogens is 1. The van der Waals surface area contributed by atoms with Crippen LogP contribution in [0.15, 0.2) is 0 Å². The molecule has 2 saturated heterocycles. The van der Waals surface area contributed by atoms with Crippen LogP contribution in [0.25, 0.3) is 0 Å². The van der Waals surface area contributed by atoms with E-state index in [1.165, 1.54) is 24.4 Å². The van der Waals surface area contributed by atoms with Crippen molar-refractivity contribution in [3.63, 3.8) is 0 Å². The summed E-state index contributed by atoms with van der Waals surface area (Å²) in [5.41, 5.74) is 1.62. The van der Waals surface area contributed by atoms with E-state index in [1.54, 1.807) is 0 Å². The molecule has 2 aliphatic heterocycles. The molecule has 1 aromatic heterocycles. The van der Waals surface area contributed by atoms with Crippen molar-refractivity contribution in [2.75, 3.05) is 32.5 Å². The molecule has 3 heterocycles. The van der Waals surface area contributed by atoms with Crippen LogP contribution >= 0.6 is 11.5 Å². The number of likely N-dealkylation sites (N-methyl/N-ethyl adjacent to an activating group) is 1. The van der Waals surface area contributed by atoms with Crippen molar-refractivity contribution in [2.45, 2.75) is 44.7 Å². The van der Waals surface area contributed by atoms with Crippen LogP contribution in [0.1, 0.15) is 41.7 Å². The number of nitrogens with one attached hydrogen (secondary N) is 1. The minimum absolute atomic E-state index is 0.161. The normalized spacial score (nSPS) is 26.5. The maximum absolute atomic E-state index is 13.0. The molecule has 1 aromatic rings. The molecule has 2 fully saturated rings. The first-order chi connectivity index (χ1) is 10.1. The summed E-state index contributed by atoms with van der Waals surface area (Å²) >= 11 is 1.38. The molecule has 0 unspecified atom stereocenters. The van der Waals surface area contributed by atoms with Gasteiger partial charge in [-0.25, -0.2) is 0 Å². The van der Waals surface area contributed by atoms with Crippen molar-refractivity contribution in [2.24, 2.45) is 0 Å². The number of rotatable bonds is 3. The van der Waals surface area contributed by atoms with Gasteiger partial charge >= 0.3 is 0 Å². The summed E-state index contributed by atoms with van der Waals surface area (Å²) in [7, 11) is 4.05. The summed E-state index contributed by atoms with van der Waals surface area (Å²) in [6.45, 7) is 3.97. The average Bonchev–Trinajstić information content (AvgIpc) is 3.16. The molecule has 0 aliphatic carbocycles. The highest BCUT2D eigenvalue weighted by Gasteiger charge is 2.39. The minimum atomic E-state index is 0.161. The maximum atomic E-state index is 13.0. The lowest BCUT2D eigenvalue weighted by molar-refractivity contribution is 0.0665. The zero-order valence-corrected chi connectivity index (χ0v) is 13.9. The number of anilines is 1. The van der Waals surface area contributed by atoms with E-state index in [4.69, 9.17) is 0 Å². The second-order valence-electron chi connectivity index (χ2n) is 6.12. The van der Waals surface area contributed by atoms with Crippen molar-refractivity contribution in [3.05, 3.63) is 11.3 Å². The molecule has 116 valence electrons. The van der Waals surface area contributed by atoms with E-state index in [0.717, 1.165) is 42.2 Å². The van der Waals surface area contributed by atoms with Gasteiger partial charge in [0.05, 0.1) is 11.3 Å². The van der Waals surface area contributed by atoms with Gasteiger partial charge in [-0.2, -0.15) is 4.37 Å². The monoisotopic (exact) mass is 308 g/mol. The Morgan fingerprint density at radius 1 is 1.29 bits per heavy atom. The number of carbonyl (C=O) groups excluding carboxylic acids is 1. The summed E-state index contributed by atoms with van der Waals surface area (Å²) in [6, 6.07) is 0.899. The van der Waals surface area contributed by atoms with Crippen LogP contribution in [-0.4, -0.2) is 59.3 Å². The molecule has 1 amide bonds. The number of carbonyl (C=O) groups is 1. The molecule has 0 spiro atoms. The van der Waals surface area contributed by atoms with Crippen LogP contribution in [0.4, 0.5) is 5.00 Å². The van der Waals surface area contributed by atoms with E-state index >= 15 is 0 Å². The molecule has 21 heavy (non-hydrogen) atoms. The van der Waals surface area contributed by atoms with Gasteiger partial charge < -0.3 is 15.1 Å². The highest BCUT2D eigenvalue weighted by Crippen LogP contribution is 2.33. The zero-order chi connectivity index (χ0) is 15.0. The van der Waals surface area contributed by atoms with E-state index in [9.17, 15) is 4.79 Å². The molecule has 2 atom stereocenters. The number of amides is 1. The van der Waals surface area contributed by atoms with Crippen LogP contribution in [0.3, 0.4) is 0 Å². The molecule has 1 N–H and O–H groups in total. The maximum Gasteiger partial charge on any atom is 0.259 e. The quantitative estimate of drug-likeness (QED) is 0.930. The van der Waals surface area contributed by atoms with Gasteiger partial charge in [-0.3, -0.25) is 4.79 Å². The Morgan fingerprint density at radius 2 is 2.00 bits per heavy atom. The molecule has 0 radical (unpaired) electrons. The van der Waals surface area contributed by atoms with Gasteiger partial charge in [-0.1, -0.05) is 0 Å². The van der Waals surface area contributed by atoms with E-state index < -0.39 is 0 Å². The van der Waals surface area contributed by atoms with Gasteiger partial charge in [0.2, 0.25) is 0 Å². The third-order valence-electron chi connectivity index (χ3n) is 4.88. The van der Waals surface area contributed by atoms with Gasteiger partial charge in [0.1, 0.15) is 5.00 Å². The van der Waals surface area contributed by atoms with Crippen molar-refractivity contribution < 1.29 is 4.79 Å². The fourth-order valence-electron chi connectivity index (χ4n) is 3.80. The largest absolute Gasteiger partial charge is 0.378 e. The van der Waals surface area contributed by atoms with E-state index in [1.807, 2.05) is 14.0 Å². The van der Waals surface area contributed by atoms with Crippen LogP contribution < -0.4 is 5.32 Å². The summed E-state index contributed by atoms with van der Waals surface area (Å²) in [4.78, 5) is 17.5. The standard InChI is InChI=1S/C15H24N4OS/c1-10-13(14(16-2)21-17-10)15(20)19-9-5-7-12(19)11-6-4-8-18(11)3/h11-12,16H,4-9H2,1-3H3/t11-,12+/m1/s1. The second kappa shape index (κ2) is 5.93. The van der Waals surface area contributed by atoms with Crippen molar-refractivity contribution in [1.29, 1.82) is 0 Å². The van der Waals surface area contributed by atoms with Gasteiger partial charge in [0.25, 0.3) is 5.91 Å². The smallest absolute Gasteiger partial charge is 0.259 e. The van der Waals surface area contributed by atoms with Gasteiger partial charge in [-0.05, 0) is 57.7 Å².